The summed E-state index contributed by atoms with van der Waals surface area (Å²) in [5.41, 5.74) is 1.88. The molecular weight excluding hydrogens is 508 g/mol. The van der Waals surface area contributed by atoms with Crippen molar-refractivity contribution in [3.8, 4) is 23.0 Å². The summed E-state index contributed by atoms with van der Waals surface area (Å²) in [4.78, 5) is 22.4. The van der Waals surface area contributed by atoms with Gasteiger partial charge in [0.1, 0.15) is 23.0 Å². The van der Waals surface area contributed by atoms with Gasteiger partial charge in [-0.05, 0) is 67.9 Å². The number of carbonyl (C=O) groups excluding carboxylic acids is 2. The van der Waals surface area contributed by atoms with Crippen LogP contribution in [0.1, 0.15) is 33.3 Å². The number of hydrogen-bond acceptors (Lipinski definition) is 7. The van der Waals surface area contributed by atoms with E-state index in [4.69, 9.17) is 24.1 Å². The van der Waals surface area contributed by atoms with Crippen molar-refractivity contribution in [3.63, 3.8) is 0 Å². The standard InChI is InChI=1S/C15H20O4.C10H10O3.C8H8/c1-10(2)14(16)18-12-6-8-13(9-7-12)19-15(17-5)11(3)4;1-7(2)10(12)13-9-5-3-8(11)4-6-9;1-2-8-6-4-3-5-7-8/h6-9,11,15H,1H2,2-5H3;3-6,11H,1H2,2H3;2-7H,1H2. The Labute approximate surface area is 237 Å². The van der Waals surface area contributed by atoms with Gasteiger partial charge in [-0.2, -0.15) is 0 Å². The monoisotopic (exact) mass is 546 g/mol. The molecule has 7 nitrogen and oxygen atoms in total. The lowest BCUT2D eigenvalue weighted by Gasteiger charge is -2.20. The van der Waals surface area contributed by atoms with Crippen molar-refractivity contribution in [2.24, 2.45) is 5.92 Å². The van der Waals surface area contributed by atoms with Crippen molar-refractivity contribution < 1.29 is 33.6 Å². The summed E-state index contributed by atoms with van der Waals surface area (Å²) < 4.78 is 20.8. The largest absolute Gasteiger partial charge is 0.508 e. The summed E-state index contributed by atoms with van der Waals surface area (Å²) >= 11 is 0. The van der Waals surface area contributed by atoms with Crippen LogP contribution in [0.2, 0.25) is 0 Å². The lowest BCUT2D eigenvalue weighted by atomic mass is 10.2. The first-order chi connectivity index (χ1) is 19.0. The highest BCUT2D eigenvalue weighted by molar-refractivity contribution is 5.89. The molecule has 3 rings (SSSR count). The molecule has 3 aromatic carbocycles. The molecule has 0 aromatic heterocycles. The van der Waals surface area contributed by atoms with Crippen molar-refractivity contribution in [3.05, 3.63) is 115 Å². The molecule has 0 radical (unpaired) electrons. The zero-order valence-corrected chi connectivity index (χ0v) is 23.8. The van der Waals surface area contributed by atoms with Gasteiger partial charge in [-0.1, -0.05) is 70.0 Å². The van der Waals surface area contributed by atoms with E-state index >= 15 is 0 Å². The van der Waals surface area contributed by atoms with Crippen LogP contribution in [-0.4, -0.2) is 30.4 Å². The number of phenolic OH excluding ortho intramolecular Hbond substituents is 1. The topological polar surface area (TPSA) is 91.3 Å². The molecule has 0 aliphatic rings. The molecule has 0 saturated heterocycles. The Balaban J connectivity index is 0.000000327. The van der Waals surface area contributed by atoms with Crippen LogP contribution in [0.5, 0.6) is 23.0 Å². The third-order valence-corrected chi connectivity index (χ3v) is 4.84. The lowest BCUT2D eigenvalue weighted by Crippen LogP contribution is -2.24. The SMILES string of the molecule is C=C(C)C(=O)Oc1ccc(O)cc1.C=C(C)C(=O)Oc1ccc(OC(OC)C(C)C)cc1.C=Cc1ccccc1. The molecule has 40 heavy (non-hydrogen) atoms. The normalized spacial score (nSPS) is 10.4. The first kappa shape index (κ1) is 33.4. The van der Waals surface area contributed by atoms with Gasteiger partial charge in [0.05, 0.1) is 0 Å². The summed E-state index contributed by atoms with van der Waals surface area (Å²) in [6, 6.07) is 22.7. The van der Waals surface area contributed by atoms with Crippen molar-refractivity contribution in [1.82, 2.24) is 0 Å². The fourth-order valence-corrected chi connectivity index (χ4v) is 2.67. The van der Waals surface area contributed by atoms with Gasteiger partial charge in [0.15, 0.2) is 0 Å². The van der Waals surface area contributed by atoms with E-state index < -0.39 is 11.9 Å². The van der Waals surface area contributed by atoms with E-state index in [0.29, 0.717) is 28.4 Å². The molecule has 7 heteroatoms. The highest BCUT2D eigenvalue weighted by atomic mass is 16.7. The van der Waals surface area contributed by atoms with Crippen LogP contribution in [0.4, 0.5) is 0 Å². The third kappa shape index (κ3) is 13.3. The quantitative estimate of drug-likeness (QED) is 0.130. The maximum Gasteiger partial charge on any atom is 0.338 e. The maximum atomic E-state index is 11.3. The first-order valence-corrected chi connectivity index (χ1v) is 12.5. The average Bonchev–Trinajstić information content (AvgIpc) is 2.94. The number of phenols is 1. The fourth-order valence-electron chi connectivity index (χ4n) is 2.67. The molecule has 0 aliphatic carbocycles. The molecule has 0 aliphatic heterocycles. The van der Waals surface area contributed by atoms with Gasteiger partial charge in [0.25, 0.3) is 0 Å². The predicted octanol–water partition coefficient (Wildman–Crippen LogP) is 7.38. The van der Waals surface area contributed by atoms with E-state index in [1.54, 1.807) is 45.2 Å². The van der Waals surface area contributed by atoms with Crippen LogP contribution in [0.25, 0.3) is 6.08 Å². The van der Waals surface area contributed by atoms with Crippen molar-refractivity contribution in [2.45, 2.75) is 34.0 Å². The smallest absolute Gasteiger partial charge is 0.338 e. The number of aromatic hydroxyl groups is 1. The van der Waals surface area contributed by atoms with Crippen molar-refractivity contribution in [1.29, 1.82) is 0 Å². The number of benzene rings is 3. The Morgan fingerprint density at radius 2 is 1.18 bits per heavy atom. The van der Waals surface area contributed by atoms with E-state index in [2.05, 4.69) is 19.7 Å². The van der Waals surface area contributed by atoms with Crippen LogP contribution in [0, 0.1) is 5.92 Å². The first-order valence-electron chi connectivity index (χ1n) is 12.5. The Bertz CT molecular complexity index is 1230. The number of ether oxygens (including phenoxy) is 4. The minimum Gasteiger partial charge on any atom is -0.508 e. The number of carbonyl (C=O) groups is 2. The zero-order valence-electron chi connectivity index (χ0n) is 23.8. The second-order valence-electron chi connectivity index (χ2n) is 8.89. The summed E-state index contributed by atoms with van der Waals surface area (Å²) in [6.45, 7) is 17.8. The van der Waals surface area contributed by atoms with E-state index in [1.807, 2.05) is 50.3 Å². The molecule has 0 fully saturated rings. The minimum atomic E-state index is -0.467. The van der Waals surface area contributed by atoms with Crippen LogP contribution < -0.4 is 14.2 Å². The third-order valence-electron chi connectivity index (χ3n) is 4.84. The van der Waals surface area contributed by atoms with Crippen LogP contribution in [0.3, 0.4) is 0 Å². The van der Waals surface area contributed by atoms with Gasteiger partial charge < -0.3 is 24.1 Å². The van der Waals surface area contributed by atoms with Crippen LogP contribution in [0.15, 0.2) is 110 Å². The van der Waals surface area contributed by atoms with E-state index in [-0.39, 0.29) is 18.0 Å². The molecule has 0 heterocycles. The second-order valence-corrected chi connectivity index (χ2v) is 8.89. The number of methoxy groups -OCH3 is 1. The molecular formula is C33H38O7. The summed E-state index contributed by atoms with van der Waals surface area (Å²) in [5, 5.41) is 8.94. The number of rotatable bonds is 9. The fraction of sp³-hybridized carbons (Fsp3) is 0.212. The average molecular weight is 547 g/mol. The van der Waals surface area contributed by atoms with Crippen LogP contribution >= 0.6 is 0 Å². The molecule has 1 unspecified atom stereocenters. The molecule has 0 amide bonds. The van der Waals surface area contributed by atoms with Gasteiger partial charge in [0.2, 0.25) is 6.29 Å². The van der Waals surface area contributed by atoms with E-state index in [1.165, 1.54) is 29.8 Å². The van der Waals surface area contributed by atoms with Gasteiger partial charge in [-0.25, -0.2) is 9.59 Å². The molecule has 0 spiro atoms. The maximum absolute atomic E-state index is 11.3. The predicted molar refractivity (Wildman–Crippen MR) is 158 cm³/mol. The van der Waals surface area contributed by atoms with Gasteiger partial charge in [-0.15, -0.1) is 0 Å². The Kier molecular flexibility index (Phi) is 14.9. The van der Waals surface area contributed by atoms with Crippen LogP contribution in [-0.2, 0) is 14.3 Å². The molecule has 1 atom stereocenters. The zero-order chi connectivity index (χ0) is 30.1. The summed E-state index contributed by atoms with van der Waals surface area (Å²) in [5.74, 6) is 0.984. The molecule has 3 aromatic rings. The molecule has 1 N–H and O–H groups in total. The Morgan fingerprint density at radius 1 is 0.750 bits per heavy atom. The number of esters is 2. The van der Waals surface area contributed by atoms with Gasteiger partial charge in [-0.3, -0.25) is 0 Å². The van der Waals surface area contributed by atoms with E-state index in [9.17, 15) is 9.59 Å². The molecule has 0 bridgehead atoms. The summed E-state index contributed by atoms with van der Waals surface area (Å²) in [6.07, 6.45) is 1.53. The second kappa shape index (κ2) is 17.8. The summed E-state index contributed by atoms with van der Waals surface area (Å²) in [7, 11) is 1.60. The van der Waals surface area contributed by atoms with E-state index in [0.717, 1.165) is 0 Å². The molecule has 212 valence electrons. The van der Waals surface area contributed by atoms with Gasteiger partial charge >= 0.3 is 11.9 Å². The van der Waals surface area contributed by atoms with Gasteiger partial charge in [0, 0.05) is 24.2 Å². The minimum absolute atomic E-state index is 0.134. The van der Waals surface area contributed by atoms with Crippen molar-refractivity contribution >= 4 is 18.0 Å². The highest BCUT2D eigenvalue weighted by Crippen LogP contribution is 2.21. The Morgan fingerprint density at radius 3 is 1.52 bits per heavy atom. The lowest BCUT2D eigenvalue weighted by molar-refractivity contribution is -0.130. The number of hydrogen-bond donors (Lipinski definition) is 1. The molecule has 0 saturated carbocycles. The highest BCUT2D eigenvalue weighted by Gasteiger charge is 2.14. The Hall–Kier alpha value is -4.62. The van der Waals surface area contributed by atoms with Crippen molar-refractivity contribution in [2.75, 3.05) is 7.11 Å².